The first kappa shape index (κ1) is 10.3. The maximum Gasteiger partial charge on any atom is 0.299 e. The second kappa shape index (κ2) is 4.98. The van der Waals surface area contributed by atoms with Crippen molar-refractivity contribution >= 4 is 18.3 Å². The number of hydrazine groups is 1. The van der Waals surface area contributed by atoms with Gasteiger partial charge in [0.15, 0.2) is 5.76 Å². The number of nitrogens with two attached hydrogens (primary N) is 1. The Morgan fingerprint density at radius 3 is 2.91 bits per heavy atom. The Labute approximate surface area is 71.2 Å². The molecule has 0 radical (unpaired) electrons. The van der Waals surface area contributed by atoms with Crippen LogP contribution in [0.15, 0.2) is 11.8 Å². The summed E-state index contributed by atoms with van der Waals surface area (Å²) in [6.07, 6.45) is 3.61. The van der Waals surface area contributed by atoms with Crippen molar-refractivity contribution in [3.63, 3.8) is 0 Å². The fraction of sp³-hybridized carbons (Fsp3) is 0.500. The fourth-order valence-electron chi connectivity index (χ4n) is 0.787. The number of nitrogens with one attached hydrogen (secondary N) is 1. The molecule has 0 aromatic rings. The Morgan fingerprint density at radius 2 is 2.45 bits per heavy atom. The molecule has 11 heavy (non-hydrogen) atoms. The lowest BCUT2D eigenvalue weighted by molar-refractivity contribution is -0.121. The number of hydrogen-bond donors (Lipinski definition) is 2. The van der Waals surface area contributed by atoms with Crippen LogP contribution >= 0.6 is 12.4 Å². The zero-order chi connectivity index (χ0) is 7.40. The molecule has 5 heteroatoms. The molecule has 0 atom stereocenters. The van der Waals surface area contributed by atoms with Crippen LogP contribution in [-0.4, -0.2) is 12.5 Å². The molecular formula is C6H11ClN2O2. The highest BCUT2D eigenvalue weighted by atomic mass is 35.5. The van der Waals surface area contributed by atoms with Gasteiger partial charge in [0.1, 0.15) is 0 Å². The molecule has 0 saturated heterocycles. The summed E-state index contributed by atoms with van der Waals surface area (Å²) in [4.78, 5) is 10.7. The van der Waals surface area contributed by atoms with E-state index in [1.807, 2.05) is 5.43 Å². The molecule has 1 aliphatic heterocycles. The third-order valence-electron chi connectivity index (χ3n) is 1.29. The Balaban J connectivity index is 0.000001000. The highest BCUT2D eigenvalue weighted by molar-refractivity contribution is 5.90. The van der Waals surface area contributed by atoms with Crippen molar-refractivity contribution in [1.82, 2.24) is 5.43 Å². The summed E-state index contributed by atoms with van der Waals surface area (Å²) >= 11 is 0. The van der Waals surface area contributed by atoms with E-state index in [0.29, 0.717) is 12.4 Å². The van der Waals surface area contributed by atoms with Gasteiger partial charge in [-0.3, -0.25) is 10.2 Å². The van der Waals surface area contributed by atoms with Crippen molar-refractivity contribution in [2.45, 2.75) is 12.8 Å². The number of halogens is 1. The topological polar surface area (TPSA) is 64.3 Å². The number of ether oxygens (including phenoxy) is 1. The number of carbonyl (C=O) groups excluding carboxylic acids is 1. The zero-order valence-corrected chi connectivity index (χ0v) is 6.82. The third kappa shape index (κ3) is 2.78. The van der Waals surface area contributed by atoms with Crippen LogP contribution in [0.4, 0.5) is 0 Å². The average molecular weight is 179 g/mol. The number of hydrogen-bond acceptors (Lipinski definition) is 3. The predicted molar refractivity (Wildman–Crippen MR) is 42.8 cm³/mol. The molecule has 0 aliphatic carbocycles. The second-order valence-electron chi connectivity index (χ2n) is 2.03. The highest BCUT2D eigenvalue weighted by Gasteiger charge is 2.10. The molecule has 0 aromatic carbocycles. The lowest BCUT2D eigenvalue weighted by atomic mass is 10.2. The van der Waals surface area contributed by atoms with Crippen LogP contribution < -0.4 is 11.3 Å². The summed E-state index contributed by atoms with van der Waals surface area (Å²) in [6.45, 7) is 0.610. The van der Waals surface area contributed by atoms with Gasteiger partial charge < -0.3 is 4.74 Å². The molecule has 3 N–H and O–H groups in total. The maximum atomic E-state index is 10.7. The maximum absolute atomic E-state index is 10.7. The molecule has 1 amide bonds. The molecule has 0 fully saturated rings. The number of allylic oxidation sites excluding steroid dienone is 1. The summed E-state index contributed by atoms with van der Waals surface area (Å²) in [5.41, 5.74) is 2.00. The fourth-order valence-corrected chi connectivity index (χ4v) is 0.787. The van der Waals surface area contributed by atoms with Crippen LogP contribution in [0.5, 0.6) is 0 Å². The smallest absolute Gasteiger partial charge is 0.299 e. The first-order valence-corrected chi connectivity index (χ1v) is 3.18. The number of amides is 1. The van der Waals surface area contributed by atoms with Crippen LogP contribution in [-0.2, 0) is 9.53 Å². The minimum atomic E-state index is -0.347. The molecule has 64 valence electrons. The molecule has 0 saturated carbocycles. The van der Waals surface area contributed by atoms with Crippen molar-refractivity contribution < 1.29 is 9.53 Å². The van der Waals surface area contributed by atoms with Gasteiger partial charge >= 0.3 is 0 Å². The Kier molecular flexibility index (Phi) is 4.65. The minimum absolute atomic E-state index is 0. The summed E-state index contributed by atoms with van der Waals surface area (Å²) < 4.78 is 5.00. The van der Waals surface area contributed by atoms with Gasteiger partial charge in [-0.05, 0) is 18.9 Å². The van der Waals surface area contributed by atoms with Gasteiger partial charge in [0.2, 0.25) is 0 Å². The number of rotatable bonds is 1. The Bertz CT molecular complexity index is 170. The van der Waals surface area contributed by atoms with Crippen molar-refractivity contribution in [3.05, 3.63) is 11.8 Å². The van der Waals surface area contributed by atoms with Gasteiger partial charge in [-0.2, -0.15) is 0 Å². The lowest BCUT2D eigenvalue weighted by Crippen LogP contribution is -2.32. The van der Waals surface area contributed by atoms with Crippen LogP contribution in [0.25, 0.3) is 0 Å². The second-order valence-corrected chi connectivity index (χ2v) is 2.03. The van der Waals surface area contributed by atoms with E-state index in [0.717, 1.165) is 12.8 Å². The minimum Gasteiger partial charge on any atom is -0.488 e. The lowest BCUT2D eigenvalue weighted by Gasteiger charge is -2.12. The van der Waals surface area contributed by atoms with E-state index in [4.69, 9.17) is 10.6 Å². The van der Waals surface area contributed by atoms with Gasteiger partial charge in [-0.1, -0.05) is 0 Å². The van der Waals surface area contributed by atoms with E-state index < -0.39 is 0 Å². The highest BCUT2D eigenvalue weighted by Crippen LogP contribution is 2.08. The van der Waals surface area contributed by atoms with Gasteiger partial charge in [-0.25, -0.2) is 5.84 Å². The van der Waals surface area contributed by atoms with Gasteiger partial charge in [-0.15, -0.1) is 12.4 Å². The van der Waals surface area contributed by atoms with Crippen LogP contribution in [0, 0.1) is 0 Å². The van der Waals surface area contributed by atoms with E-state index in [1.165, 1.54) is 0 Å². The average Bonchev–Trinajstić information content (AvgIpc) is 2.05. The molecule has 0 aromatic heterocycles. The van der Waals surface area contributed by atoms with Crippen LogP contribution in [0.2, 0.25) is 0 Å². The SMILES string of the molecule is Cl.NNC(=O)C1=CCCCO1. The molecule has 1 heterocycles. The molecule has 0 spiro atoms. The van der Waals surface area contributed by atoms with Gasteiger partial charge in [0, 0.05) is 0 Å². The molecular weight excluding hydrogens is 168 g/mol. The normalized spacial score (nSPS) is 15.5. The monoisotopic (exact) mass is 178 g/mol. The summed E-state index contributed by atoms with van der Waals surface area (Å²) in [5.74, 6) is 4.88. The standard InChI is InChI=1S/C6H10N2O2.ClH/c7-8-6(9)5-3-1-2-4-10-5;/h3H,1-2,4,7H2,(H,8,9);1H. The van der Waals surface area contributed by atoms with E-state index in [1.54, 1.807) is 6.08 Å². The summed E-state index contributed by atoms with van der Waals surface area (Å²) in [7, 11) is 0. The van der Waals surface area contributed by atoms with Gasteiger partial charge in [0.25, 0.3) is 5.91 Å². The Hall–Kier alpha value is -0.740. The van der Waals surface area contributed by atoms with Gasteiger partial charge in [0.05, 0.1) is 6.61 Å². The van der Waals surface area contributed by atoms with E-state index in [9.17, 15) is 4.79 Å². The molecule has 4 nitrogen and oxygen atoms in total. The summed E-state index contributed by atoms with van der Waals surface area (Å²) in [6, 6.07) is 0. The molecule has 0 bridgehead atoms. The molecule has 0 unspecified atom stereocenters. The van der Waals surface area contributed by atoms with Crippen molar-refractivity contribution in [2.75, 3.05) is 6.61 Å². The largest absolute Gasteiger partial charge is 0.488 e. The van der Waals surface area contributed by atoms with Crippen LogP contribution in [0.1, 0.15) is 12.8 Å². The Morgan fingerprint density at radius 1 is 1.73 bits per heavy atom. The quantitative estimate of drug-likeness (QED) is 0.340. The third-order valence-corrected chi connectivity index (χ3v) is 1.29. The van der Waals surface area contributed by atoms with E-state index in [-0.39, 0.29) is 18.3 Å². The van der Waals surface area contributed by atoms with Crippen molar-refractivity contribution in [3.8, 4) is 0 Å². The summed E-state index contributed by atoms with van der Waals surface area (Å²) in [5, 5.41) is 0. The molecule has 1 aliphatic rings. The number of carbonyl (C=O) groups is 1. The van der Waals surface area contributed by atoms with E-state index >= 15 is 0 Å². The van der Waals surface area contributed by atoms with Crippen LogP contribution in [0.3, 0.4) is 0 Å². The van der Waals surface area contributed by atoms with Crippen molar-refractivity contribution in [1.29, 1.82) is 0 Å². The van der Waals surface area contributed by atoms with E-state index in [2.05, 4.69) is 0 Å². The first-order valence-electron chi connectivity index (χ1n) is 3.18. The first-order chi connectivity index (χ1) is 4.84. The molecule has 1 rings (SSSR count). The predicted octanol–water partition coefficient (Wildman–Crippen LogP) is 0.0924. The zero-order valence-electron chi connectivity index (χ0n) is 6.00. The van der Waals surface area contributed by atoms with Crippen molar-refractivity contribution in [2.24, 2.45) is 5.84 Å².